The van der Waals surface area contributed by atoms with E-state index in [9.17, 15) is 0 Å². The molecule has 0 amide bonds. The molecular weight excluding hydrogens is 240 g/mol. The summed E-state index contributed by atoms with van der Waals surface area (Å²) in [5.41, 5.74) is 9.11. The van der Waals surface area contributed by atoms with Gasteiger partial charge in [0.1, 0.15) is 0 Å². The van der Waals surface area contributed by atoms with E-state index in [-0.39, 0.29) is 0 Å². The molecule has 0 atom stereocenters. The van der Waals surface area contributed by atoms with E-state index in [0.29, 0.717) is 0 Å². The zero-order chi connectivity index (χ0) is 10.7. The fourth-order valence-electron chi connectivity index (χ4n) is 1.26. The maximum absolute atomic E-state index is 5.87. The Morgan fingerprint density at radius 1 is 1.43 bits per heavy atom. The summed E-state index contributed by atoms with van der Waals surface area (Å²) < 4.78 is 1.14. The van der Waals surface area contributed by atoms with Gasteiger partial charge in [-0.15, -0.1) is 0 Å². The number of aryl methyl sites for hydroxylation is 1. The molecule has 1 aromatic carbocycles. The second-order valence-corrected chi connectivity index (χ2v) is 4.48. The Kier molecular flexibility index (Phi) is 3.96. The van der Waals surface area contributed by atoms with Gasteiger partial charge in [0.05, 0.1) is 0 Å². The van der Waals surface area contributed by atoms with Gasteiger partial charge in [0.15, 0.2) is 0 Å². The molecule has 0 saturated carbocycles. The molecule has 0 aliphatic carbocycles. The van der Waals surface area contributed by atoms with E-state index >= 15 is 0 Å². The van der Waals surface area contributed by atoms with Crippen molar-refractivity contribution < 1.29 is 0 Å². The van der Waals surface area contributed by atoms with Gasteiger partial charge in [0.2, 0.25) is 0 Å². The average molecular weight is 257 g/mol. The second kappa shape index (κ2) is 4.80. The third-order valence-electron chi connectivity index (χ3n) is 2.42. The summed E-state index contributed by atoms with van der Waals surface area (Å²) in [5, 5.41) is 0. The summed E-state index contributed by atoms with van der Waals surface area (Å²) in [4.78, 5) is 2.24. The van der Waals surface area contributed by atoms with Crippen LogP contribution < -0.4 is 5.73 Å². The Morgan fingerprint density at radius 3 is 2.64 bits per heavy atom. The fourth-order valence-corrected chi connectivity index (χ4v) is 1.84. The van der Waals surface area contributed by atoms with Gasteiger partial charge >= 0.3 is 0 Å². The Morgan fingerprint density at radius 2 is 2.07 bits per heavy atom. The maximum atomic E-state index is 5.87. The lowest BCUT2D eigenvalue weighted by Crippen LogP contribution is -2.17. The number of nitrogens with two attached hydrogens (primary N) is 1. The van der Waals surface area contributed by atoms with Crippen molar-refractivity contribution in [3.05, 3.63) is 27.7 Å². The molecule has 0 aliphatic heterocycles. The number of nitrogen functional groups attached to an aromatic ring is 1. The first-order valence-electron chi connectivity index (χ1n) is 4.77. The number of hydrogen-bond donors (Lipinski definition) is 1. The van der Waals surface area contributed by atoms with Gasteiger partial charge < -0.3 is 10.6 Å². The monoisotopic (exact) mass is 256 g/mol. The third-order valence-corrected chi connectivity index (χ3v) is 3.15. The van der Waals surface area contributed by atoms with Crippen molar-refractivity contribution in [1.82, 2.24) is 4.90 Å². The number of benzene rings is 1. The predicted molar refractivity (Wildman–Crippen MR) is 65.3 cm³/mol. The average Bonchev–Trinajstić information content (AvgIpc) is 2.14. The molecule has 0 unspecified atom stereocenters. The van der Waals surface area contributed by atoms with Gasteiger partial charge in [-0.05, 0) is 43.8 Å². The molecule has 78 valence electrons. The molecular formula is C11H17BrN2. The first kappa shape index (κ1) is 11.5. The van der Waals surface area contributed by atoms with E-state index in [1.165, 1.54) is 5.56 Å². The van der Waals surface area contributed by atoms with Crippen molar-refractivity contribution in [3.63, 3.8) is 0 Å². The lowest BCUT2D eigenvalue weighted by atomic mass is 10.1. The molecule has 2 nitrogen and oxygen atoms in total. The number of hydrogen-bond acceptors (Lipinski definition) is 2. The Hall–Kier alpha value is -0.540. The fraction of sp³-hybridized carbons (Fsp3) is 0.455. The van der Waals surface area contributed by atoms with Gasteiger partial charge in [-0.3, -0.25) is 0 Å². The van der Waals surface area contributed by atoms with E-state index in [2.05, 4.69) is 40.9 Å². The lowest BCUT2D eigenvalue weighted by molar-refractivity contribution is 0.345. The highest BCUT2D eigenvalue weighted by Gasteiger charge is 2.05. The van der Waals surface area contributed by atoms with Crippen molar-refractivity contribution in [2.75, 3.05) is 19.3 Å². The van der Waals surface area contributed by atoms with Crippen LogP contribution in [0.4, 0.5) is 5.69 Å². The van der Waals surface area contributed by atoms with E-state index in [1.807, 2.05) is 13.0 Å². The summed E-state index contributed by atoms with van der Waals surface area (Å²) in [6.07, 6.45) is 0. The third kappa shape index (κ3) is 2.72. The zero-order valence-electron chi connectivity index (χ0n) is 8.97. The topological polar surface area (TPSA) is 29.3 Å². The highest BCUT2D eigenvalue weighted by molar-refractivity contribution is 9.10. The van der Waals surface area contributed by atoms with E-state index < -0.39 is 0 Å². The molecule has 0 fully saturated rings. The summed E-state index contributed by atoms with van der Waals surface area (Å²) in [6.45, 7) is 6.14. The van der Waals surface area contributed by atoms with Crippen LogP contribution >= 0.6 is 15.9 Å². The van der Waals surface area contributed by atoms with Crippen molar-refractivity contribution >= 4 is 21.6 Å². The van der Waals surface area contributed by atoms with Gasteiger partial charge in [0.25, 0.3) is 0 Å². The summed E-state index contributed by atoms with van der Waals surface area (Å²) in [7, 11) is 2.10. The van der Waals surface area contributed by atoms with Crippen LogP contribution in [0.15, 0.2) is 16.6 Å². The van der Waals surface area contributed by atoms with Gasteiger partial charge in [0, 0.05) is 16.7 Å². The Balaban J connectivity index is 2.92. The second-order valence-electron chi connectivity index (χ2n) is 3.63. The van der Waals surface area contributed by atoms with Crippen LogP contribution in [-0.4, -0.2) is 18.5 Å². The Labute approximate surface area is 94.2 Å². The van der Waals surface area contributed by atoms with Crippen LogP contribution in [0.5, 0.6) is 0 Å². The normalized spacial score (nSPS) is 10.9. The van der Waals surface area contributed by atoms with Crippen LogP contribution in [-0.2, 0) is 6.54 Å². The number of nitrogens with zero attached hydrogens (tertiary/aromatic N) is 1. The molecule has 0 aliphatic rings. The number of rotatable bonds is 3. The molecule has 0 saturated heterocycles. The molecule has 1 aromatic rings. The summed E-state index contributed by atoms with van der Waals surface area (Å²) in [5.74, 6) is 0. The molecule has 1 rings (SSSR count). The van der Waals surface area contributed by atoms with Gasteiger partial charge in [-0.25, -0.2) is 0 Å². The highest BCUT2D eigenvalue weighted by Crippen LogP contribution is 2.24. The van der Waals surface area contributed by atoms with Crippen molar-refractivity contribution in [2.45, 2.75) is 20.4 Å². The molecule has 0 aromatic heterocycles. The van der Waals surface area contributed by atoms with Crippen LogP contribution in [0.2, 0.25) is 0 Å². The SMILES string of the molecule is CCN(C)Cc1cc(N)c(C)cc1Br. The quantitative estimate of drug-likeness (QED) is 0.843. The molecule has 0 heterocycles. The molecule has 14 heavy (non-hydrogen) atoms. The highest BCUT2D eigenvalue weighted by atomic mass is 79.9. The number of anilines is 1. The van der Waals surface area contributed by atoms with Crippen LogP contribution in [0.25, 0.3) is 0 Å². The van der Waals surface area contributed by atoms with E-state index in [4.69, 9.17) is 5.73 Å². The van der Waals surface area contributed by atoms with Crippen LogP contribution in [0, 0.1) is 6.92 Å². The van der Waals surface area contributed by atoms with Crippen molar-refractivity contribution in [3.8, 4) is 0 Å². The molecule has 0 radical (unpaired) electrons. The number of halogens is 1. The van der Waals surface area contributed by atoms with Crippen LogP contribution in [0.1, 0.15) is 18.1 Å². The summed E-state index contributed by atoms with van der Waals surface area (Å²) in [6, 6.07) is 4.12. The minimum Gasteiger partial charge on any atom is -0.399 e. The molecule has 0 bridgehead atoms. The predicted octanol–water partition coefficient (Wildman–Crippen LogP) is 2.79. The lowest BCUT2D eigenvalue weighted by Gasteiger charge is -2.16. The van der Waals surface area contributed by atoms with E-state index in [1.54, 1.807) is 0 Å². The maximum Gasteiger partial charge on any atom is 0.0347 e. The molecule has 3 heteroatoms. The standard InChI is InChI=1S/C11H17BrN2/c1-4-14(3)7-9-6-11(13)8(2)5-10(9)12/h5-6H,4,7,13H2,1-3H3. The van der Waals surface area contributed by atoms with Gasteiger partial charge in [-0.2, -0.15) is 0 Å². The first-order valence-corrected chi connectivity index (χ1v) is 5.57. The van der Waals surface area contributed by atoms with Crippen LogP contribution in [0.3, 0.4) is 0 Å². The van der Waals surface area contributed by atoms with E-state index in [0.717, 1.165) is 28.8 Å². The van der Waals surface area contributed by atoms with Gasteiger partial charge in [-0.1, -0.05) is 22.9 Å². The first-order chi connectivity index (χ1) is 6.54. The molecule has 2 N–H and O–H groups in total. The summed E-state index contributed by atoms with van der Waals surface area (Å²) >= 11 is 3.56. The molecule has 0 spiro atoms. The van der Waals surface area contributed by atoms with Crippen molar-refractivity contribution in [1.29, 1.82) is 0 Å². The zero-order valence-corrected chi connectivity index (χ0v) is 10.6. The van der Waals surface area contributed by atoms with Crippen molar-refractivity contribution in [2.24, 2.45) is 0 Å². The smallest absolute Gasteiger partial charge is 0.0347 e. The largest absolute Gasteiger partial charge is 0.399 e. The minimum absolute atomic E-state index is 0.868. The Bertz CT molecular complexity index is 323. The minimum atomic E-state index is 0.868.